The molecule has 238 valence electrons. The topological polar surface area (TPSA) is 138 Å². The Hall–Kier alpha value is -4.39. The molecule has 2 amide bonds. The molecule has 13 heteroatoms. The molecule has 4 fully saturated rings. The highest BCUT2D eigenvalue weighted by molar-refractivity contribution is 6.01. The van der Waals surface area contributed by atoms with Crippen LogP contribution in [-0.2, 0) is 11.0 Å². The van der Waals surface area contributed by atoms with Crippen LogP contribution in [0.1, 0.15) is 53.6 Å². The molecular formula is C32H35F3N6O4. The molecule has 45 heavy (non-hydrogen) atoms. The van der Waals surface area contributed by atoms with Gasteiger partial charge in [0.1, 0.15) is 17.1 Å². The first-order valence-electron chi connectivity index (χ1n) is 14.9. The van der Waals surface area contributed by atoms with Gasteiger partial charge in [-0.25, -0.2) is 4.98 Å². The van der Waals surface area contributed by atoms with Crippen LogP contribution in [0.15, 0.2) is 42.6 Å². The molecule has 4 aliphatic rings. The minimum absolute atomic E-state index is 0.0642. The number of anilines is 5. The molecule has 3 aromatic rings. The van der Waals surface area contributed by atoms with E-state index >= 15 is 0 Å². The molecule has 7 rings (SSSR count). The number of nitrogens with zero attached hydrogens (tertiary/aromatic N) is 2. The van der Waals surface area contributed by atoms with E-state index in [9.17, 15) is 27.9 Å². The van der Waals surface area contributed by atoms with Gasteiger partial charge in [0.15, 0.2) is 0 Å². The van der Waals surface area contributed by atoms with E-state index in [1.54, 1.807) is 37.3 Å². The van der Waals surface area contributed by atoms with Crippen molar-refractivity contribution in [2.75, 3.05) is 30.1 Å². The third kappa shape index (κ3) is 5.76. The largest absolute Gasteiger partial charge is 0.494 e. The molecule has 5 N–H and O–H groups in total. The highest BCUT2D eigenvalue weighted by Crippen LogP contribution is 2.60. The highest BCUT2D eigenvalue weighted by atomic mass is 19.4. The molecule has 0 aliphatic heterocycles. The van der Waals surface area contributed by atoms with Gasteiger partial charge in [0, 0.05) is 25.0 Å². The van der Waals surface area contributed by atoms with Crippen LogP contribution in [-0.4, -0.2) is 47.2 Å². The van der Waals surface area contributed by atoms with Crippen LogP contribution in [0, 0.1) is 30.1 Å². The van der Waals surface area contributed by atoms with Crippen molar-refractivity contribution in [1.29, 1.82) is 0 Å². The Labute approximate surface area is 258 Å². The summed E-state index contributed by atoms with van der Waals surface area (Å²) < 4.78 is 47.4. The summed E-state index contributed by atoms with van der Waals surface area (Å²) in [5.74, 6) is -0.134. The average Bonchev–Trinajstić information content (AvgIpc) is 3.00. The van der Waals surface area contributed by atoms with Crippen LogP contribution >= 0.6 is 0 Å². The Morgan fingerprint density at radius 2 is 1.80 bits per heavy atom. The number of aromatic nitrogens is 2. The Morgan fingerprint density at radius 3 is 2.47 bits per heavy atom. The molecule has 0 spiro atoms. The van der Waals surface area contributed by atoms with Gasteiger partial charge in [0.05, 0.1) is 35.6 Å². The van der Waals surface area contributed by atoms with Crippen molar-refractivity contribution >= 4 is 40.6 Å². The lowest BCUT2D eigenvalue weighted by Gasteiger charge is -2.57. The lowest BCUT2D eigenvalue weighted by atomic mass is 9.48. The lowest BCUT2D eigenvalue weighted by Crippen LogP contribution is -2.57. The first-order valence-corrected chi connectivity index (χ1v) is 14.9. The van der Waals surface area contributed by atoms with E-state index in [0.717, 1.165) is 19.3 Å². The number of halogens is 3. The van der Waals surface area contributed by atoms with Gasteiger partial charge in [0.2, 0.25) is 11.9 Å². The fourth-order valence-electron chi connectivity index (χ4n) is 7.55. The normalized spacial score (nSPS) is 25.0. The number of carbonyl (C=O) groups excluding carboxylic acids is 2. The lowest BCUT2D eigenvalue weighted by molar-refractivity contribution is -0.158. The summed E-state index contributed by atoms with van der Waals surface area (Å²) in [6.45, 7) is 1.67. The van der Waals surface area contributed by atoms with Crippen molar-refractivity contribution in [2.45, 2.75) is 51.3 Å². The minimum Gasteiger partial charge on any atom is -0.494 e. The summed E-state index contributed by atoms with van der Waals surface area (Å²) in [6.07, 6.45) is -0.302. The van der Waals surface area contributed by atoms with Crippen molar-refractivity contribution in [3.05, 3.63) is 59.3 Å². The van der Waals surface area contributed by atoms with Crippen LogP contribution < -0.4 is 26.0 Å². The highest BCUT2D eigenvalue weighted by Gasteiger charge is 2.58. The minimum atomic E-state index is -4.77. The molecule has 1 heterocycles. The summed E-state index contributed by atoms with van der Waals surface area (Å²) in [5, 5.41) is 21.7. The van der Waals surface area contributed by atoms with Crippen molar-refractivity contribution in [1.82, 2.24) is 15.3 Å². The number of methoxy groups -OCH3 is 1. The molecule has 0 saturated heterocycles. The number of aliphatic hydroxyl groups excluding tert-OH is 1. The maximum atomic E-state index is 14.0. The van der Waals surface area contributed by atoms with Gasteiger partial charge in [-0.15, -0.1) is 0 Å². The third-order valence-corrected chi connectivity index (χ3v) is 9.49. The Kier molecular flexibility index (Phi) is 7.84. The fourth-order valence-corrected chi connectivity index (χ4v) is 7.55. The smallest absolute Gasteiger partial charge is 0.421 e. The first-order chi connectivity index (χ1) is 21.4. The Morgan fingerprint density at radius 1 is 1.07 bits per heavy atom. The zero-order valence-corrected chi connectivity index (χ0v) is 25.1. The number of alkyl halides is 3. The molecule has 4 bridgehead atoms. The molecule has 2 atom stereocenters. The molecule has 4 aliphatic carbocycles. The maximum absolute atomic E-state index is 14.0. The van der Waals surface area contributed by atoms with E-state index in [1.165, 1.54) is 20.2 Å². The summed E-state index contributed by atoms with van der Waals surface area (Å²) in [4.78, 5) is 34.0. The number of nitrogens with one attached hydrogen (secondary N) is 4. The zero-order chi connectivity index (χ0) is 32.1. The second-order valence-electron chi connectivity index (χ2n) is 12.4. The van der Waals surface area contributed by atoms with Gasteiger partial charge >= 0.3 is 6.18 Å². The molecule has 2 aromatic carbocycles. The number of amides is 2. The number of aryl methyl sites for hydroxylation is 1. The van der Waals surface area contributed by atoms with E-state index in [0.29, 0.717) is 47.6 Å². The summed E-state index contributed by atoms with van der Waals surface area (Å²) in [7, 11) is 2.87. The van der Waals surface area contributed by atoms with Crippen molar-refractivity contribution in [2.24, 2.45) is 23.2 Å². The van der Waals surface area contributed by atoms with Crippen molar-refractivity contribution in [3.8, 4) is 5.75 Å². The molecule has 1 aromatic heterocycles. The van der Waals surface area contributed by atoms with Crippen LogP contribution in [0.5, 0.6) is 5.75 Å². The number of para-hydroxylation sites is 1. The quantitative estimate of drug-likeness (QED) is 0.213. The Bertz CT molecular complexity index is 1630. The fraction of sp³-hybridized carbons (Fsp3) is 0.438. The van der Waals surface area contributed by atoms with Crippen molar-refractivity contribution in [3.63, 3.8) is 0 Å². The number of benzene rings is 2. The second-order valence-corrected chi connectivity index (χ2v) is 12.4. The van der Waals surface area contributed by atoms with E-state index in [2.05, 4.69) is 31.2 Å². The predicted octanol–water partition coefficient (Wildman–Crippen LogP) is 5.78. The van der Waals surface area contributed by atoms with Gasteiger partial charge in [-0.1, -0.05) is 12.1 Å². The number of ether oxygens (including phenoxy) is 1. The molecule has 10 nitrogen and oxygen atoms in total. The number of hydrogen-bond donors (Lipinski definition) is 5. The first kappa shape index (κ1) is 30.6. The molecular weight excluding hydrogens is 589 g/mol. The summed E-state index contributed by atoms with van der Waals surface area (Å²) in [6, 6.07) is 9.72. The van der Waals surface area contributed by atoms with Crippen LogP contribution in [0.3, 0.4) is 0 Å². The molecule has 0 radical (unpaired) electrons. The van der Waals surface area contributed by atoms with Crippen LogP contribution in [0.25, 0.3) is 0 Å². The number of rotatable bonds is 8. The second kappa shape index (κ2) is 11.5. The third-order valence-electron chi connectivity index (χ3n) is 9.49. The van der Waals surface area contributed by atoms with Crippen LogP contribution in [0.4, 0.5) is 42.0 Å². The molecule has 4 saturated carbocycles. The van der Waals surface area contributed by atoms with Gasteiger partial charge in [-0.2, -0.15) is 18.2 Å². The van der Waals surface area contributed by atoms with Gasteiger partial charge in [0.25, 0.3) is 5.91 Å². The average molecular weight is 625 g/mol. The summed E-state index contributed by atoms with van der Waals surface area (Å²) in [5.41, 5.74) is 0.145. The van der Waals surface area contributed by atoms with E-state index in [-0.39, 0.29) is 41.0 Å². The number of aliphatic hydroxyl groups is 1. The zero-order valence-electron chi connectivity index (χ0n) is 25.1. The monoisotopic (exact) mass is 624 g/mol. The van der Waals surface area contributed by atoms with E-state index in [1.807, 2.05) is 0 Å². The predicted molar refractivity (Wildman–Crippen MR) is 162 cm³/mol. The Balaban J connectivity index is 1.24. The standard InChI is InChI=1S/C32H35F3N6O4/c1-16-5-4-6-21(28(43)36-2)25(16)40-27-22(32(33,34)35)15-37-30(41-27)39-23-8-7-20(11-24(23)45-3)38-29(44)31-12-17-9-18(13-31)26(42)19(10-17)14-31/h4-8,11,15,17-19,26,42H,9-10,12-14H2,1-3H3,(H,36,43)(H,38,44)(H2,37,39,40,41). The van der Waals surface area contributed by atoms with E-state index in [4.69, 9.17) is 4.74 Å². The van der Waals surface area contributed by atoms with Gasteiger partial charge < -0.3 is 31.1 Å². The van der Waals surface area contributed by atoms with Crippen molar-refractivity contribution < 1.29 is 32.6 Å². The molecule has 2 unspecified atom stereocenters. The van der Waals surface area contributed by atoms with Gasteiger partial charge in [-0.3, -0.25) is 9.59 Å². The maximum Gasteiger partial charge on any atom is 0.421 e. The summed E-state index contributed by atoms with van der Waals surface area (Å²) >= 11 is 0. The van der Waals surface area contributed by atoms with Gasteiger partial charge in [-0.05, 0) is 80.5 Å². The number of carbonyl (C=O) groups is 2. The van der Waals surface area contributed by atoms with E-state index < -0.39 is 28.9 Å². The van der Waals surface area contributed by atoms with Crippen LogP contribution in [0.2, 0.25) is 0 Å². The number of hydrogen-bond acceptors (Lipinski definition) is 8. The SMILES string of the molecule is CNC(=O)c1cccc(C)c1Nc1nc(Nc2ccc(NC(=O)C34CC5CC(C3)C(O)C(C5)C4)cc2OC)ncc1C(F)(F)F.